The SMILES string of the molecule is CCCCCCCCCCCCCCCCCCCCCCCCCCCCCCCCCC(=O)C=C(C)C(=O)O. The van der Waals surface area contributed by atoms with E-state index in [2.05, 4.69) is 6.92 Å². The molecule has 0 aromatic heterocycles. The highest BCUT2D eigenvalue weighted by molar-refractivity contribution is 5.98. The molecular weight excluding hydrogens is 504 g/mol. The van der Waals surface area contributed by atoms with Crippen molar-refractivity contribution >= 4 is 11.8 Å². The van der Waals surface area contributed by atoms with Gasteiger partial charge in [0.25, 0.3) is 0 Å². The highest BCUT2D eigenvalue weighted by Crippen LogP contribution is 2.17. The Balaban J connectivity index is 3.13. The molecule has 0 radical (unpaired) electrons. The number of aliphatic carboxylic acids is 1. The minimum atomic E-state index is -1.01. The molecule has 0 aliphatic carbocycles. The van der Waals surface area contributed by atoms with Gasteiger partial charge < -0.3 is 5.11 Å². The number of rotatable bonds is 34. The molecule has 3 nitrogen and oxygen atoms in total. The Labute approximate surface area is 257 Å². The van der Waals surface area contributed by atoms with Crippen LogP contribution in [0.2, 0.25) is 0 Å². The molecule has 3 heteroatoms. The lowest BCUT2D eigenvalue weighted by molar-refractivity contribution is -0.132. The fraction of sp³-hybridized carbons (Fsp3) is 0.895. The Kier molecular flexibility index (Phi) is 32.5. The van der Waals surface area contributed by atoms with E-state index in [1.165, 1.54) is 199 Å². The van der Waals surface area contributed by atoms with E-state index >= 15 is 0 Å². The Morgan fingerprint density at radius 3 is 0.854 bits per heavy atom. The number of ketones is 1. The van der Waals surface area contributed by atoms with E-state index in [0.717, 1.165) is 12.8 Å². The summed E-state index contributed by atoms with van der Waals surface area (Å²) in [4.78, 5) is 22.4. The predicted molar refractivity (Wildman–Crippen MR) is 180 cm³/mol. The first-order valence-corrected chi connectivity index (χ1v) is 18.5. The van der Waals surface area contributed by atoms with Crippen LogP contribution in [0.4, 0.5) is 0 Å². The van der Waals surface area contributed by atoms with E-state index in [4.69, 9.17) is 5.11 Å². The largest absolute Gasteiger partial charge is 0.478 e. The number of allylic oxidation sites excluding steroid dienone is 1. The van der Waals surface area contributed by atoms with E-state index in [0.29, 0.717) is 6.42 Å². The second-order valence-corrected chi connectivity index (χ2v) is 13.0. The van der Waals surface area contributed by atoms with E-state index in [-0.39, 0.29) is 11.4 Å². The smallest absolute Gasteiger partial charge is 0.331 e. The number of unbranched alkanes of at least 4 members (excludes halogenated alkanes) is 30. The number of carboxylic acids is 1. The first kappa shape index (κ1) is 39.9. The van der Waals surface area contributed by atoms with Crippen molar-refractivity contribution < 1.29 is 14.7 Å². The first-order chi connectivity index (χ1) is 20.1. The van der Waals surface area contributed by atoms with Crippen LogP contribution in [0.5, 0.6) is 0 Å². The van der Waals surface area contributed by atoms with Gasteiger partial charge in [-0.25, -0.2) is 4.79 Å². The average molecular weight is 577 g/mol. The lowest BCUT2D eigenvalue weighted by Gasteiger charge is -2.04. The third-order valence-electron chi connectivity index (χ3n) is 8.74. The fourth-order valence-corrected chi connectivity index (χ4v) is 5.87. The molecular formula is C38H72O3. The van der Waals surface area contributed by atoms with Gasteiger partial charge >= 0.3 is 5.97 Å². The van der Waals surface area contributed by atoms with Crippen LogP contribution >= 0.6 is 0 Å². The van der Waals surface area contributed by atoms with Gasteiger partial charge in [0.05, 0.1) is 0 Å². The highest BCUT2D eigenvalue weighted by Gasteiger charge is 2.04. The monoisotopic (exact) mass is 577 g/mol. The normalized spacial score (nSPS) is 11.8. The molecule has 1 N–H and O–H groups in total. The summed E-state index contributed by atoms with van der Waals surface area (Å²) >= 11 is 0. The minimum Gasteiger partial charge on any atom is -0.478 e. The fourth-order valence-electron chi connectivity index (χ4n) is 5.87. The number of hydrogen-bond donors (Lipinski definition) is 1. The van der Waals surface area contributed by atoms with Crippen LogP contribution in [-0.2, 0) is 9.59 Å². The number of carbonyl (C=O) groups excluding carboxylic acids is 1. The summed E-state index contributed by atoms with van der Waals surface area (Å²) in [6.07, 6.45) is 44.9. The van der Waals surface area contributed by atoms with Gasteiger partial charge in [-0.2, -0.15) is 0 Å². The van der Waals surface area contributed by atoms with Crippen LogP contribution in [0, 0.1) is 0 Å². The van der Waals surface area contributed by atoms with Crippen molar-refractivity contribution in [2.75, 3.05) is 0 Å². The summed E-state index contributed by atoms with van der Waals surface area (Å²) in [6.45, 7) is 3.77. The van der Waals surface area contributed by atoms with Crippen LogP contribution in [-0.4, -0.2) is 16.9 Å². The summed E-state index contributed by atoms with van der Waals surface area (Å²) < 4.78 is 0. The van der Waals surface area contributed by atoms with Gasteiger partial charge in [-0.1, -0.05) is 200 Å². The van der Waals surface area contributed by atoms with E-state index in [1.54, 1.807) is 0 Å². The zero-order valence-electron chi connectivity index (χ0n) is 28.0. The van der Waals surface area contributed by atoms with Crippen molar-refractivity contribution in [1.82, 2.24) is 0 Å². The van der Waals surface area contributed by atoms with Crippen molar-refractivity contribution in [3.05, 3.63) is 11.6 Å². The summed E-state index contributed by atoms with van der Waals surface area (Å²) in [5.41, 5.74) is 0.135. The molecule has 0 saturated heterocycles. The average Bonchev–Trinajstić information content (AvgIpc) is 2.95. The molecule has 0 atom stereocenters. The second kappa shape index (κ2) is 33.4. The Morgan fingerprint density at radius 2 is 0.634 bits per heavy atom. The van der Waals surface area contributed by atoms with Crippen molar-refractivity contribution in [2.45, 2.75) is 219 Å². The van der Waals surface area contributed by atoms with E-state index in [1.807, 2.05) is 0 Å². The van der Waals surface area contributed by atoms with Gasteiger partial charge in [-0.15, -0.1) is 0 Å². The molecule has 0 aliphatic heterocycles. The lowest BCUT2D eigenvalue weighted by atomic mass is 10.0. The maximum absolute atomic E-state index is 11.7. The molecule has 0 rings (SSSR count). The Bertz CT molecular complexity index is 594. The third kappa shape index (κ3) is 33.3. The summed E-state index contributed by atoms with van der Waals surface area (Å²) in [6, 6.07) is 0. The molecule has 41 heavy (non-hydrogen) atoms. The summed E-state index contributed by atoms with van der Waals surface area (Å²) in [5, 5.41) is 8.80. The van der Waals surface area contributed by atoms with Crippen LogP contribution in [0.15, 0.2) is 11.6 Å². The van der Waals surface area contributed by atoms with Crippen LogP contribution in [0.3, 0.4) is 0 Å². The molecule has 0 unspecified atom stereocenters. The maximum atomic E-state index is 11.7. The zero-order chi connectivity index (χ0) is 30.1. The second-order valence-electron chi connectivity index (χ2n) is 13.0. The molecule has 0 aromatic rings. The molecule has 0 aromatic carbocycles. The van der Waals surface area contributed by atoms with E-state index in [9.17, 15) is 9.59 Å². The zero-order valence-corrected chi connectivity index (χ0v) is 28.0. The van der Waals surface area contributed by atoms with Gasteiger partial charge in [-0.05, 0) is 19.4 Å². The lowest BCUT2D eigenvalue weighted by Crippen LogP contribution is -2.01. The first-order valence-electron chi connectivity index (χ1n) is 18.5. The van der Waals surface area contributed by atoms with Gasteiger partial charge in [0, 0.05) is 12.0 Å². The molecule has 0 saturated carbocycles. The number of carboxylic acid groups (broad SMARTS) is 1. The van der Waals surface area contributed by atoms with Crippen molar-refractivity contribution in [1.29, 1.82) is 0 Å². The maximum Gasteiger partial charge on any atom is 0.331 e. The predicted octanol–water partition coefficient (Wildman–Crippen LogP) is 13.1. The molecule has 0 spiro atoms. The van der Waals surface area contributed by atoms with Gasteiger partial charge in [-0.3, -0.25) is 4.79 Å². The number of hydrogen-bond acceptors (Lipinski definition) is 2. The Morgan fingerprint density at radius 1 is 0.415 bits per heavy atom. The highest BCUT2D eigenvalue weighted by atomic mass is 16.4. The molecule has 0 heterocycles. The standard InChI is InChI=1S/C38H72O3/c1-3-4-5-6-7-8-9-10-11-12-13-14-15-16-17-18-19-20-21-22-23-24-25-26-27-28-29-30-31-32-33-34-37(39)35-36(2)38(40)41/h35H,3-34H2,1-2H3,(H,40,41). The Hall–Kier alpha value is -1.12. The topological polar surface area (TPSA) is 54.4 Å². The van der Waals surface area contributed by atoms with Crippen molar-refractivity contribution in [3.8, 4) is 0 Å². The van der Waals surface area contributed by atoms with Gasteiger partial charge in [0.2, 0.25) is 0 Å². The third-order valence-corrected chi connectivity index (χ3v) is 8.74. The molecule has 0 fully saturated rings. The van der Waals surface area contributed by atoms with Crippen molar-refractivity contribution in [2.24, 2.45) is 0 Å². The van der Waals surface area contributed by atoms with Crippen LogP contribution in [0.1, 0.15) is 219 Å². The molecule has 0 aliphatic rings. The van der Waals surface area contributed by atoms with E-state index < -0.39 is 5.97 Å². The summed E-state index contributed by atoms with van der Waals surface area (Å²) in [7, 11) is 0. The van der Waals surface area contributed by atoms with Crippen LogP contribution < -0.4 is 0 Å². The number of carbonyl (C=O) groups is 2. The van der Waals surface area contributed by atoms with Gasteiger partial charge in [0.1, 0.15) is 0 Å². The quantitative estimate of drug-likeness (QED) is 0.0612. The molecule has 242 valence electrons. The van der Waals surface area contributed by atoms with Gasteiger partial charge in [0.15, 0.2) is 5.78 Å². The minimum absolute atomic E-state index is 0.0553. The van der Waals surface area contributed by atoms with Crippen LogP contribution in [0.25, 0.3) is 0 Å². The summed E-state index contributed by atoms with van der Waals surface area (Å²) in [5.74, 6) is -1.06. The molecule has 0 amide bonds. The molecule has 0 bridgehead atoms. The van der Waals surface area contributed by atoms with Crippen molar-refractivity contribution in [3.63, 3.8) is 0 Å².